The molecule has 1 aliphatic heterocycles. The highest BCUT2D eigenvalue weighted by molar-refractivity contribution is 5.76. The van der Waals surface area contributed by atoms with Crippen molar-refractivity contribution in [3.8, 4) is 0 Å². The molecule has 0 aromatic carbocycles. The first kappa shape index (κ1) is 18.2. The second-order valence-electron chi connectivity index (χ2n) is 6.87. The Labute approximate surface area is 152 Å². The zero-order chi connectivity index (χ0) is 18.7. The summed E-state index contributed by atoms with van der Waals surface area (Å²) in [5.41, 5.74) is 2.38. The van der Waals surface area contributed by atoms with Crippen LogP contribution in [-0.4, -0.2) is 44.8 Å². The molecule has 1 fully saturated rings. The zero-order valence-corrected chi connectivity index (χ0v) is 15.6. The van der Waals surface area contributed by atoms with E-state index in [1.807, 2.05) is 24.6 Å². The molecule has 8 heteroatoms. The summed E-state index contributed by atoms with van der Waals surface area (Å²) in [7, 11) is 0. The van der Waals surface area contributed by atoms with Gasteiger partial charge in [-0.3, -0.25) is 19.3 Å². The number of aryl methyl sites for hydroxylation is 3. The summed E-state index contributed by atoms with van der Waals surface area (Å²) in [6.45, 7) is 7.71. The highest BCUT2D eigenvalue weighted by Crippen LogP contribution is 2.16. The first-order valence-corrected chi connectivity index (χ1v) is 9.04. The van der Waals surface area contributed by atoms with E-state index in [9.17, 15) is 9.59 Å². The van der Waals surface area contributed by atoms with Gasteiger partial charge in [0.1, 0.15) is 0 Å². The van der Waals surface area contributed by atoms with Gasteiger partial charge in [-0.05, 0) is 39.7 Å². The maximum Gasteiger partial charge on any atom is 0.255 e. The van der Waals surface area contributed by atoms with E-state index in [0.29, 0.717) is 24.5 Å². The lowest BCUT2D eigenvalue weighted by Gasteiger charge is -2.32. The van der Waals surface area contributed by atoms with E-state index in [1.54, 1.807) is 13.1 Å². The summed E-state index contributed by atoms with van der Waals surface area (Å²) in [5.74, 6) is 0.674. The molecule has 1 amide bonds. The zero-order valence-electron chi connectivity index (χ0n) is 15.6. The predicted octanol–water partition coefficient (Wildman–Crippen LogP) is 1.07. The Hall–Kier alpha value is -2.64. The first-order valence-electron chi connectivity index (χ1n) is 9.04. The Morgan fingerprint density at radius 2 is 2.04 bits per heavy atom. The van der Waals surface area contributed by atoms with Gasteiger partial charge in [-0.2, -0.15) is 5.10 Å². The van der Waals surface area contributed by atoms with Crippen LogP contribution in [0.15, 0.2) is 17.1 Å². The molecule has 140 valence electrons. The minimum atomic E-state index is -0.0863. The summed E-state index contributed by atoms with van der Waals surface area (Å²) >= 11 is 0. The second-order valence-corrected chi connectivity index (χ2v) is 6.87. The molecule has 0 unspecified atom stereocenters. The molecule has 26 heavy (non-hydrogen) atoms. The van der Waals surface area contributed by atoms with E-state index in [1.165, 1.54) is 0 Å². The normalized spacial score (nSPS) is 15.3. The van der Waals surface area contributed by atoms with Crippen molar-refractivity contribution in [3.63, 3.8) is 0 Å². The molecule has 1 saturated heterocycles. The highest BCUT2D eigenvalue weighted by atomic mass is 16.1. The number of carbonyl (C=O) groups is 1. The molecular formula is C18H26N6O2. The van der Waals surface area contributed by atoms with E-state index in [4.69, 9.17) is 0 Å². The van der Waals surface area contributed by atoms with Gasteiger partial charge < -0.3 is 10.2 Å². The van der Waals surface area contributed by atoms with Crippen LogP contribution in [0.1, 0.15) is 36.2 Å². The third kappa shape index (κ3) is 4.12. The first-order chi connectivity index (χ1) is 12.4. The fourth-order valence-electron chi connectivity index (χ4n) is 3.16. The molecule has 2 aromatic rings. The third-order valence-electron chi connectivity index (χ3n) is 5.02. The van der Waals surface area contributed by atoms with Crippen LogP contribution < -0.4 is 15.8 Å². The van der Waals surface area contributed by atoms with E-state index < -0.39 is 0 Å². The molecule has 3 heterocycles. The van der Waals surface area contributed by atoms with Crippen LogP contribution in [0, 0.1) is 20.8 Å². The molecule has 0 bridgehead atoms. The van der Waals surface area contributed by atoms with Crippen LogP contribution in [0.5, 0.6) is 0 Å². The lowest BCUT2D eigenvalue weighted by Crippen LogP contribution is -2.45. The molecule has 1 aliphatic rings. The average Bonchev–Trinajstić information content (AvgIpc) is 3.03. The molecule has 0 spiro atoms. The summed E-state index contributed by atoms with van der Waals surface area (Å²) in [4.78, 5) is 33.5. The summed E-state index contributed by atoms with van der Waals surface area (Å²) < 4.78 is 1.84. The minimum absolute atomic E-state index is 0.0519. The van der Waals surface area contributed by atoms with Gasteiger partial charge in [-0.25, -0.2) is 4.98 Å². The lowest BCUT2D eigenvalue weighted by atomic mass is 10.1. The third-order valence-corrected chi connectivity index (χ3v) is 5.02. The van der Waals surface area contributed by atoms with Crippen LogP contribution >= 0.6 is 0 Å². The number of piperidine rings is 1. The number of amides is 1. The fourth-order valence-corrected chi connectivity index (χ4v) is 3.16. The second kappa shape index (κ2) is 7.72. The number of aromatic amines is 1. The molecular weight excluding hydrogens is 332 g/mol. The number of anilines is 1. The molecule has 0 aliphatic carbocycles. The van der Waals surface area contributed by atoms with Crippen molar-refractivity contribution in [1.82, 2.24) is 25.1 Å². The van der Waals surface area contributed by atoms with Crippen molar-refractivity contribution in [2.75, 3.05) is 18.0 Å². The van der Waals surface area contributed by atoms with E-state index >= 15 is 0 Å². The Morgan fingerprint density at radius 3 is 2.65 bits per heavy atom. The largest absolute Gasteiger partial charge is 0.353 e. The molecule has 0 radical (unpaired) electrons. The van der Waals surface area contributed by atoms with E-state index in [-0.39, 0.29) is 17.5 Å². The average molecular weight is 358 g/mol. The smallest absolute Gasteiger partial charge is 0.255 e. The van der Waals surface area contributed by atoms with Gasteiger partial charge >= 0.3 is 0 Å². The van der Waals surface area contributed by atoms with Crippen LogP contribution in [0.25, 0.3) is 0 Å². The molecule has 3 rings (SSSR count). The quantitative estimate of drug-likeness (QED) is 0.833. The fraction of sp³-hybridized carbons (Fsp3) is 0.556. The van der Waals surface area contributed by atoms with Crippen LogP contribution in [0.2, 0.25) is 0 Å². The summed E-state index contributed by atoms with van der Waals surface area (Å²) in [6.07, 6.45) is 3.84. The molecule has 2 aromatic heterocycles. The number of nitrogens with zero attached hydrogens (tertiary/aromatic N) is 4. The molecule has 2 N–H and O–H groups in total. The maximum atomic E-state index is 12.2. The van der Waals surface area contributed by atoms with E-state index in [0.717, 1.165) is 37.3 Å². The Morgan fingerprint density at radius 1 is 1.31 bits per heavy atom. The van der Waals surface area contributed by atoms with Crippen molar-refractivity contribution in [3.05, 3.63) is 39.6 Å². The minimum Gasteiger partial charge on any atom is -0.353 e. The van der Waals surface area contributed by atoms with Crippen LogP contribution in [0.3, 0.4) is 0 Å². The van der Waals surface area contributed by atoms with Gasteiger partial charge in [0.25, 0.3) is 5.56 Å². The number of rotatable bonds is 5. The monoisotopic (exact) mass is 358 g/mol. The number of hydrogen-bond donors (Lipinski definition) is 2. The van der Waals surface area contributed by atoms with Crippen molar-refractivity contribution in [1.29, 1.82) is 0 Å². The Kier molecular flexibility index (Phi) is 5.39. The standard InChI is InChI=1S/C18H26N6O2/c1-12-4-8-19-24(12)11-7-16(25)21-15-5-9-23(10-6-15)18-20-14(3)13(2)17(26)22-18/h4,8,15H,5-7,9-11H2,1-3H3,(H,21,25)(H,20,22,26). The molecule has 0 saturated carbocycles. The Bertz CT molecular complexity index is 832. The number of nitrogens with one attached hydrogen (secondary N) is 2. The molecule has 0 atom stereocenters. The van der Waals surface area contributed by atoms with Crippen molar-refractivity contribution < 1.29 is 4.79 Å². The Balaban J connectivity index is 1.48. The SMILES string of the molecule is Cc1nc(N2CCC(NC(=O)CCn3nccc3C)CC2)[nH]c(=O)c1C. The maximum absolute atomic E-state index is 12.2. The topological polar surface area (TPSA) is 95.9 Å². The van der Waals surface area contributed by atoms with Gasteiger partial charge in [0.2, 0.25) is 11.9 Å². The van der Waals surface area contributed by atoms with Crippen molar-refractivity contribution in [2.24, 2.45) is 0 Å². The predicted molar refractivity (Wildman–Crippen MR) is 99.3 cm³/mol. The number of hydrogen-bond acceptors (Lipinski definition) is 5. The van der Waals surface area contributed by atoms with Crippen LogP contribution in [-0.2, 0) is 11.3 Å². The number of aromatic nitrogens is 4. The van der Waals surface area contributed by atoms with Gasteiger partial charge in [-0.15, -0.1) is 0 Å². The molecule has 8 nitrogen and oxygen atoms in total. The van der Waals surface area contributed by atoms with Gasteiger partial charge in [0.15, 0.2) is 0 Å². The number of carbonyl (C=O) groups excluding carboxylic acids is 1. The lowest BCUT2D eigenvalue weighted by molar-refractivity contribution is -0.122. The number of H-pyrrole nitrogens is 1. The van der Waals surface area contributed by atoms with Gasteiger partial charge in [-0.1, -0.05) is 0 Å². The summed E-state index contributed by atoms with van der Waals surface area (Å²) in [6, 6.07) is 2.09. The van der Waals surface area contributed by atoms with Crippen molar-refractivity contribution in [2.45, 2.75) is 52.6 Å². The van der Waals surface area contributed by atoms with Gasteiger partial charge in [0, 0.05) is 55.2 Å². The summed E-state index contributed by atoms with van der Waals surface area (Å²) in [5, 5.41) is 7.30. The van der Waals surface area contributed by atoms with Crippen molar-refractivity contribution >= 4 is 11.9 Å². The highest BCUT2D eigenvalue weighted by Gasteiger charge is 2.22. The van der Waals surface area contributed by atoms with Crippen LogP contribution in [0.4, 0.5) is 5.95 Å². The van der Waals surface area contributed by atoms with Gasteiger partial charge in [0.05, 0.1) is 0 Å². The van der Waals surface area contributed by atoms with E-state index in [2.05, 4.69) is 25.3 Å².